The first-order chi connectivity index (χ1) is 12.6. The van der Waals surface area contributed by atoms with Crippen molar-refractivity contribution in [2.75, 3.05) is 12.4 Å². The van der Waals surface area contributed by atoms with Crippen LogP contribution >= 0.6 is 0 Å². The Labute approximate surface area is 149 Å². The van der Waals surface area contributed by atoms with Crippen molar-refractivity contribution in [3.63, 3.8) is 0 Å². The van der Waals surface area contributed by atoms with E-state index in [1.165, 1.54) is 11.7 Å². The van der Waals surface area contributed by atoms with Crippen LogP contribution in [-0.4, -0.2) is 23.6 Å². The number of carbonyl (C=O) groups excluding carboxylic acids is 2. The number of amides is 1. The smallest absolute Gasteiger partial charge is 0.419 e. The van der Waals surface area contributed by atoms with E-state index in [4.69, 9.17) is 4.42 Å². The maximum absolute atomic E-state index is 12.1. The Bertz CT molecular complexity index is 985. The fraction of sp³-hybridized carbons (Fsp3) is 0.211. The molecule has 0 saturated carbocycles. The van der Waals surface area contributed by atoms with Crippen LogP contribution in [-0.2, 0) is 27.3 Å². The molecule has 3 rings (SSSR count). The third-order valence-corrected chi connectivity index (χ3v) is 3.95. The Hall–Kier alpha value is -3.35. The van der Waals surface area contributed by atoms with Gasteiger partial charge < -0.3 is 14.5 Å². The van der Waals surface area contributed by atoms with Crippen LogP contribution in [0.1, 0.15) is 12.0 Å². The van der Waals surface area contributed by atoms with Crippen LogP contribution in [0.5, 0.6) is 0 Å². The summed E-state index contributed by atoms with van der Waals surface area (Å²) in [4.78, 5) is 35.3. The number of para-hydroxylation sites is 2. The lowest BCUT2D eigenvalue weighted by Crippen LogP contribution is -2.19. The molecular formula is C19H18N2O5. The molecule has 1 heterocycles. The van der Waals surface area contributed by atoms with Crippen molar-refractivity contribution in [1.29, 1.82) is 0 Å². The molecule has 0 aliphatic heterocycles. The van der Waals surface area contributed by atoms with Gasteiger partial charge in [-0.05, 0) is 29.8 Å². The number of hydrogen-bond acceptors (Lipinski definition) is 5. The summed E-state index contributed by atoms with van der Waals surface area (Å²) in [7, 11) is 1.34. The molecule has 1 aromatic heterocycles. The first kappa shape index (κ1) is 17.5. The Morgan fingerprint density at radius 3 is 2.58 bits per heavy atom. The molecule has 0 unspecified atom stereocenters. The van der Waals surface area contributed by atoms with E-state index in [-0.39, 0.29) is 31.3 Å². The highest BCUT2D eigenvalue weighted by atomic mass is 16.5. The first-order valence-corrected chi connectivity index (χ1v) is 8.11. The number of nitrogens with one attached hydrogen (secondary N) is 1. The van der Waals surface area contributed by atoms with Gasteiger partial charge in [-0.3, -0.25) is 14.2 Å². The van der Waals surface area contributed by atoms with Crippen molar-refractivity contribution >= 4 is 28.7 Å². The lowest BCUT2D eigenvalue weighted by atomic mass is 10.1. The second kappa shape index (κ2) is 7.69. The summed E-state index contributed by atoms with van der Waals surface area (Å²) < 4.78 is 11.2. The third-order valence-electron chi connectivity index (χ3n) is 3.95. The minimum absolute atomic E-state index is 0.132. The average molecular weight is 354 g/mol. The van der Waals surface area contributed by atoms with Gasteiger partial charge in [-0.1, -0.05) is 24.3 Å². The molecule has 7 nitrogen and oxygen atoms in total. The number of aromatic nitrogens is 1. The van der Waals surface area contributed by atoms with Crippen molar-refractivity contribution in [3.05, 3.63) is 64.6 Å². The maximum atomic E-state index is 12.1. The number of fused-ring (bicyclic) bond motifs is 1. The Kier molecular flexibility index (Phi) is 5.17. The topological polar surface area (TPSA) is 90.5 Å². The van der Waals surface area contributed by atoms with Crippen LogP contribution < -0.4 is 11.1 Å². The molecule has 7 heteroatoms. The molecule has 0 bridgehead atoms. The van der Waals surface area contributed by atoms with Crippen LogP contribution in [0.25, 0.3) is 11.1 Å². The summed E-state index contributed by atoms with van der Waals surface area (Å²) in [6.45, 7) is 0.224. The number of aryl methyl sites for hydroxylation is 1. The largest absolute Gasteiger partial charge is 0.469 e. The zero-order valence-electron chi connectivity index (χ0n) is 14.2. The van der Waals surface area contributed by atoms with E-state index < -0.39 is 5.76 Å². The zero-order chi connectivity index (χ0) is 18.5. The molecule has 3 aromatic rings. The van der Waals surface area contributed by atoms with Gasteiger partial charge in [0.05, 0.1) is 19.0 Å². The minimum atomic E-state index is -0.480. The quantitative estimate of drug-likeness (QED) is 0.686. The average Bonchev–Trinajstić information content (AvgIpc) is 2.96. The molecule has 2 aromatic carbocycles. The normalized spacial score (nSPS) is 10.7. The van der Waals surface area contributed by atoms with Gasteiger partial charge in [0, 0.05) is 18.7 Å². The van der Waals surface area contributed by atoms with Gasteiger partial charge in [-0.15, -0.1) is 0 Å². The fourth-order valence-corrected chi connectivity index (χ4v) is 2.61. The number of carbonyl (C=O) groups is 2. The number of oxazole rings is 1. The predicted molar refractivity (Wildman–Crippen MR) is 95.9 cm³/mol. The molecular weight excluding hydrogens is 336 g/mol. The standard InChI is InChI=1S/C19H18N2O5/c1-25-18(23)12-13-6-8-14(9-7-13)20-17(22)10-11-21-15-4-2-3-5-16(15)26-19(21)24/h2-9H,10-12H2,1H3,(H,20,22). The van der Waals surface area contributed by atoms with E-state index in [0.29, 0.717) is 16.8 Å². The van der Waals surface area contributed by atoms with Crippen molar-refractivity contribution < 1.29 is 18.7 Å². The van der Waals surface area contributed by atoms with E-state index in [2.05, 4.69) is 10.1 Å². The van der Waals surface area contributed by atoms with Gasteiger partial charge in [0.15, 0.2) is 5.58 Å². The second-order valence-electron chi connectivity index (χ2n) is 5.74. The van der Waals surface area contributed by atoms with Crippen LogP contribution in [0.15, 0.2) is 57.7 Å². The Morgan fingerprint density at radius 1 is 1.12 bits per heavy atom. The number of methoxy groups -OCH3 is 1. The molecule has 0 aliphatic rings. The molecule has 26 heavy (non-hydrogen) atoms. The predicted octanol–water partition coefficient (Wildman–Crippen LogP) is 2.34. The summed E-state index contributed by atoms with van der Waals surface area (Å²) in [5, 5.41) is 2.77. The molecule has 134 valence electrons. The molecule has 0 spiro atoms. The van der Waals surface area contributed by atoms with Crippen LogP contribution in [0.4, 0.5) is 5.69 Å². The summed E-state index contributed by atoms with van der Waals surface area (Å²) in [5.41, 5.74) is 2.58. The lowest BCUT2D eigenvalue weighted by molar-refractivity contribution is -0.139. The summed E-state index contributed by atoms with van der Waals surface area (Å²) >= 11 is 0. The molecule has 1 N–H and O–H groups in total. The number of esters is 1. The maximum Gasteiger partial charge on any atom is 0.419 e. The monoisotopic (exact) mass is 354 g/mol. The van der Waals surface area contributed by atoms with E-state index in [1.807, 2.05) is 6.07 Å². The van der Waals surface area contributed by atoms with Gasteiger partial charge in [-0.25, -0.2) is 4.79 Å². The molecule has 0 fully saturated rings. The number of rotatable bonds is 6. The number of benzene rings is 2. The van der Waals surface area contributed by atoms with Gasteiger partial charge >= 0.3 is 11.7 Å². The van der Waals surface area contributed by atoms with Gasteiger partial charge in [0.2, 0.25) is 5.91 Å². The SMILES string of the molecule is COC(=O)Cc1ccc(NC(=O)CCn2c(=O)oc3ccccc32)cc1. The van der Waals surface area contributed by atoms with Gasteiger partial charge in [-0.2, -0.15) is 0 Å². The molecule has 0 atom stereocenters. The highest BCUT2D eigenvalue weighted by Crippen LogP contribution is 2.13. The van der Waals surface area contributed by atoms with Crippen molar-refractivity contribution in [2.45, 2.75) is 19.4 Å². The number of ether oxygens (including phenoxy) is 1. The molecule has 0 aliphatic carbocycles. The van der Waals surface area contributed by atoms with E-state index >= 15 is 0 Å². The number of anilines is 1. The molecule has 1 amide bonds. The first-order valence-electron chi connectivity index (χ1n) is 8.11. The Balaban J connectivity index is 1.59. The molecule has 0 radical (unpaired) electrons. The summed E-state index contributed by atoms with van der Waals surface area (Å²) in [5.74, 6) is -1.02. The highest BCUT2D eigenvalue weighted by Gasteiger charge is 2.10. The summed E-state index contributed by atoms with van der Waals surface area (Å²) in [6.07, 6.45) is 0.314. The van der Waals surface area contributed by atoms with Crippen LogP contribution in [0, 0.1) is 0 Å². The zero-order valence-corrected chi connectivity index (χ0v) is 14.2. The third kappa shape index (κ3) is 4.00. The van der Waals surface area contributed by atoms with E-state index in [0.717, 1.165) is 5.56 Å². The Morgan fingerprint density at radius 2 is 1.85 bits per heavy atom. The minimum Gasteiger partial charge on any atom is -0.469 e. The van der Waals surface area contributed by atoms with Crippen molar-refractivity contribution in [3.8, 4) is 0 Å². The van der Waals surface area contributed by atoms with Crippen LogP contribution in [0.3, 0.4) is 0 Å². The highest BCUT2D eigenvalue weighted by molar-refractivity contribution is 5.90. The lowest BCUT2D eigenvalue weighted by Gasteiger charge is -2.07. The fourth-order valence-electron chi connectivity index (χ4n) is 2.61. The van der Waals surface area contributed by atoms with Gasteiger partial charge in [0.1, 0.15) is 0 Å². The van der Waals surface area contributed by atoms with Crippen LogP contribution in [0.2, 0.25) is 0 Å². The molecule has 0 saturated heterocycles. The summed E-state index contributed by atoms with van der Waals surface area (Å²) in [6, 6.07) is 14.0. The van der Waals surface area contributed by atoms with Crippen molar-refractivity contribution in [2.24, 2.45) is 0 Å². The van der Waals surface area contributed by atoms with Crippen molar-refractivity contribution in [1.82, 2.24) is 4.57 Å². The number of nitrogens with zero attached hydrogens (tertiary/aromatic N) is 1. The second-order valence-corrected chi connectivity index (χ2v) is 5.74. The van der Waals surface area contributed by atoms with Gasteiger partial charge in [0.25, 0.3) is 0 Å². The van der Waals surface area contributed by atoms with E-state index in [1.54, 1.807) is 42.5 Å². The number of hydrogen-bond donors (Lipinski definition) is 1. The van der Waals surface area contributed by atoms with E-state index in [9.17, 15) is 14.4 Å².